The van der Waals surface area contributed by atoms with Crippen molar-refractivity contribution < 1.29 is 14.3 Å². The number of halogens is 1. The summed E-state index contributed by atoms with van der Waals surface area (Å²) in [5, 5.41) is 5.14. The first-order chi connectivity index (χ1) is 14.6. The molecule has 5 heteroatoms. The minimum atomic E-state index is -0.373. The summed E-state index contributed by atoms with van der Waals surface area (Å²) in [5.41, 5.74) is 1.60. The lowest BCUT2D eigenvalue weighted by molar-refractivity contribution is 0.102. The Morgan fingerprint density at radius 1 is 0.800 bits per heavy atom. The van der Waals surface area contributed by atoms with Crippen molar-refractivity contribution in [2.45, 2.75) is 0 Å². The van der Waals surface area contributed by atoms with Gasteiger partial charge in [-0.15, -0.1) is 0 Å². The first-order valence-electron chi connectivity index (χ1n) is 9.34. The molecular weight excluding hydrogens is 398 g/mol. The van der Waals surface area contributed by atoms with Gasteiger partial charge in [0.05, 0.1) is 18.4 Å². The molecule has 0 aliphatic heterocycles. The molecule has 0 saturated heterocycles. The molecule has 1 N–H and O–H groups in total. The molecule has 4 rings (SSSR count). The predicted molar refractivity (Wildman–Crippen MR) is 120 cm³/mol. The van der Waals surface area contributed by atoms with E-state index in [0.717, 1.165) is 10.8 Å². The maximum absolute atomic E-state index is 13.1. The lowest BCUT2D eigenvalue weighted by Gasteiger charge is -2.14. The molecule has 0 heterocycles. The van der Waals surface area contributed by atoms with Crippen molar-refractivity contribution >= 4 is 39.8 Å². The van der Waals surface area contributed by atoms with Crippen LogP contribution >= 0.6 is 11.6 Å². The lowest BCUT2D eigenvalue weighted by Crippen LogP contribution is -2.16. The third kappa shape index (κ3) is 3.91. The summed E-state index contributed by atoms with van der Waals surface area (Å²) >= 11 is 6.13. The molecule has 0 aliphatic rings. The third-order valence-corrected chi connectivity index (χ3v) is 5.06. The number of benzene rings is 4. The number of fused-ring (bicyclic) bond motifs is 1. The monoisotopic (exact) mass is 415 g/mol. The van der Waals surface area contributed by atoms with E-state index in [-0.39, 0.29) is 11.7 Å². The maximum atomic E-state index is 13.1. The Hall–Kier alpha value is -3.63. The Morgan fingerprint density at radius 2 is 1.47 bits per heavy atom. The minimum absolute atomic E-state index is 0.223. The average molecular weight is 416 g/mol. The molecule has 30 heavy (non-hydrogen) atoms. The number of anilines is 1. The summed E-state index contributed by atoms with van der Waals surface area (Å²) in [4.78, 5) is 26.1. The Balaban J connectivity index is 1.72. The van der Waals surface area contributed by atoms with Crippen LogP contribution in [0.5, 0.6) is 5.75 Å². The smallest absolute Gasteiger partial charge is 0.259 e. The fraction of sp³-hybridized carbons (Fsp3) is 0.0400. The van der Waals surface area contributed by atoms with Gasteiger partial charge in [-0.3, -0.25) is 9.59 Å². The Kier molecular flexibility index (Phi) is 5.50. The quantitative estimate of drug-likeness (QED) is 0.407. The van der Waals surface area contributed by atoms with E-state index < -0.39 is 0 Å². The maximum Gasteiger partial charge on any atom is 0.259 e. The van der Waals surface area contributed by atoms with E-state index in [1.807, 2.05) is 36.4 Å². The van der Waals surface area contributed by atoms with Crippen LogP contribution in [0.4, 0.5) is 5.69 Å². The van der Waals surface area contributed by atoms with Crippen LogP contribution < -0.4 is 10.1 Å². The number of amides is 1. The second-order valence-electron chi connectivity index (χ2n) is 6.74. The van der Waals surface area contributed by atoms with Gasteiger partial charge in [0.2, 0.25) is 0 Å². The topological polar surface area (TPSA) is 55.4 Å². The molecule has 148 valence electrons. The number of hydrogen-bond donors (Lipinski definition) is 1. The van der Waals surface area contributed by atoms with E-state index in [1.54, 1.807) is 48.5 Å². The first kappa shape index (κ1) is 19.7. The van der Waals surface area contributed by atoms with Gasteiger partial charge in [-0.2, -0.15) is 0 Å². The molecule has 0 atom stereocenters. The molecule has 0 aliphatic carbocycles. The molecule has 0 fully saturated rings. The second kappa shape index (κ2) is 8.39. The molecule has 0 bridgehead atoms. The Bertz CT molecular complexity index is 1250. The van der Waals surface area contributed by atoms with Gasteiger partial charge in [-0.25, -0.2) is 0 Å². The van der Waals surface area contributed by atoms with Crippen molar-refractivity contribution in [2.24, 2.45) is 0 Å². The largest absolute Gasteiger partial charge is 0.496 e. The van der Waals surface area contributed by atoms with Gasteiger partial charge in [0.1, 0.15) is 5.75 Å². The highest BCUT2D eigenvalue weighted by atomic mass is 35.5. The summed E-state index contributed by atoms with van der Waals surface area (Å²) in [6, 6.07) is 25.0. The molecule has 1 amide bonds. The van der Waals surface area contributed by atoms with Crippen molar-refractivity contribution in [1.29, 1.82) is 0 Å². The van der Waals surface area contributed by atoms with Crippen LogP contribution in [0.1, 0.15) is 26.3 Å². The molecule has 0 saturated carbocycles. The van der Waals surface area contributed by atoms with Crippen LogP contribution in [0.15, 0.2) is 84.9 Å². The van der Waals surface area contributed by atoms with Gasteiger partial charge in [0.25, 0.3) is 5.91 Å². The van der Waals surface area contributed by atoms with Crippen LogP contribution in [-0.4, -0.2) is 18.8 Å². The van der Waals surface area contributed by atoms with E-state index >= 15 is 0 Å². The molecular formula is C25H18ClNO3. The summed E-state index contributed by atoms with van der Waals surface area (Å²) in [5.74, 6) is -0.142. The zero-order chi connectivity index (χ0) is 21.1. The summed E-state index contributed by atoms with van der Waals surface area (Å²) in [7, 11) is 1.52. The number of rotatable bonds is 5. The minimum Gasteiger partial charge on any atom is -0.496 e. The molecule has 4 aromatic carbocycles. The van der Waals surface area contributed by atoms with Gasteiger partial charge in [0.15, 0.2) is 5.78 Å². The molecule has 0 radical (unpaired) electrons. The Morgan fingerprint density at radius 3 is 2.17 bits per heavy atom. The van der Waals surface area contributed by atoms with Crippen LogP contribution in [0, 0.1) is 0 Å². The number of nitrogens with one attached hydrogen (secondary N) is 1. The van der Waals surface area contributed by atoms with E-state index in [1.165, 1.54) is 7.11 Å². The van der Waals surface area contributed by atoms with Crippen molar-refractivity contribution in [3.8, 4) is 5.75 Å². The highest BCUT2D eigenvalue weighted by Crippen LogP contribution is 2.29. The van der Waals surface area contributed by atoms with E-state index in [0.29, 0.717) is 33.1 Å². The van der Waals surface area contributed by atoms with Gasteiger partial charge in [0, 0.05) is 16.1 Å². The van der Waals surface area contributed by atoms with Crippen LogP contribution in [-0.2, 0) is 0 Å². The number of ether oxygens (including phenoxy) is 1. The molecule has 4 aromatic rings. The predicted octanol–water partition coefficient (Wildman–Crippen LogP) is 5.99. The zero-order valence-electron chi connectivity index (χ0n) is 16.2. The Labute approximate surface area is 179 Å². The van der Waals surface area contributed by atoms with Crippen molar-refractivity contribution in [3.63, 3.8) is 0 Å². The van der Waals surface area contributed by atoms with Crippen LogP contribution in [0.2, 0.25) is 5.02 Å². The number of hydrogen-bond acceptors (Lipinski definition) is 3. The SMILES string of the molecule is COc1cc2ccccc2cc1C(=O)Nc1ccc(Cl)cc1C(=O)c1ccccc1. The normalized spacial score (nSPS) is 10.6. The summed E-state index contributed by atoms with van der Waals surface area (Å²) in [6.45, 7) is 0. The number of carbonyl (C=O) groups is 2. The van der Waals surface area contributed by atoms with Gasteiger partial charge in [-0.05, 0) is 41.1 Å². The molecule has 0 aromatic heterocycles. The molecule has 0 unspecified atom stereocenters. The van der Waals surface area contributed by atoms with E-state index in [4.69, 9.17) is 16.3 Å². The van der Waals surface area contributed by atoms with Crippen LogP contribution in [0.3, 0.4) is 0 Å². The van der Waals surface area contributed by atoms with E-state index in [9.17, 15) is 9.59 Å². The van der Waals surface area contributed by atoms with Crippen molar-refractivity contribution in [2.75, 3.05) is 12.4 Å². The summed E-state index contributed by atoms with van der Waals surface area (Å²) in [6.07, 6.45) is 0. The van der Waals surface area contributed by atoms with Crippen molar-refractivity contribution in [3.05, 3.63) is 107 Å². The lowest BCUT2D eigenvalue weighted by atomic mass is 10.0. The molecule has 0 spiro atoms. The van der Waals surface area contributed by atoms with E-state index in [2.05, 4.69) is 5.32 Å². The number of ketones is 1. The molecule has 4 nitrogen and oxygen atoms in total. The van der Waals surface area contributed by atoms with Gasteiger partial charge in [-0.1, -0.05) is 66.2 Å². The summed E-state index contributed by atoms with van der Waals surface area (Å²) < 4.78 is 5.43. The van der Waals surface area contributed by atoms with Crippen LogP contribution in [0.25, 0.3) is 10.8 Å². The fourth-order valence-corrected chi connectivity index (χ4v) is 3.49. The average Bonchev–Trinajstić information content (AvgIpc) is 2.79. The first-order valence-corrected chi connectivity index (χ1v) is 9.72. The zero-order valence-corrected chi connectivity index (χ0v) is 16.9. The fourth-order valence-electron chi connectivity index (χ4n) is 3.31. The van der Waals surface area contributed by atoms with Crippen molar-refractivity contribution in [1.82, 2.24) is 0 Å². The highest BCUT2D eigenvalue weighted by Gasteiger charge is 2.19. The highest BCUT2D eigenvalue weighted by molar-refractivity contribution is 6.31. The second-order valence-corrected chi connectivity index (χ2v) is 7.18. The standard InChI is InChI=1S/C25H18ClNO3/c1-30-23-14-18-10-6-5-9-17(18)13-21(23)25(29)27-22-12-11-19(26)15-20(22)24(28)16-7-3-2-4-8-16/h2-15H,1H3,(H,27,29). The number of methoxy groups -OCH3 is 1. The number of carbonyl (C=O) groups excluding carboxylic acids is 2. The third-order valence-electron chi connectivity index (χ3n) is 4.82. The van der Waals surface area contributed by atoms with Gasteiger partial charge >= 0.3 is 0 Å². The van der Waals surface area contributed by atoms with Gasteiger partial charge < -0.3 is 10.1 Å².